The fourth-order valence-electron chi connectivity index (χ4n) is 2.39. The zero-order valence-corrected chi connectivity index (χ0v) is 10.7. The summed E-state index contributed by atoms with van der Waals surface area (Å²) in [7, 11) is 0. The molecule has 1 rings (SSSR count). The number of rotatable bonds is 7. The van der Waals surface area contributed by atoms with E-state index in [1.165, 1.54) is 0 Å². The molecule has 18 heavy (non-hydrogen) atoms. The maximum atomic E-state index is 12.2. The number of carbonyl (C=O) groups is 2. The normalized spacial score (nSPS) is 17.4. The first-order chi connectivity index (χ1) is 8.56. The molecule has 1 fully saturated rings. The van der Waals surface area contributed by atoms with Crippen molar-refractivity contribution < 1.29 is 14.7 Å². The standard InChI is InChI=1S/C13H22N2O3/c1-2-9-15(10-5-3-4-6-10)13(18)11(14)7-8-12(16)17/h2,10-11H,1,3-9,14H2,(H,16,17). The van der Waals surface area contributed by atoms with Crippen LogP contribution in [0.1, 0.15) is 38.5 Å². The molecule has 1 atom stereocenters. The summed E-state index contributed by atoms with van der Waals surface area (Å²) in [6.07, 6.45) is 6.09. The number of nitrogens with two attached hydrogens (primary N) is 1. The van der Waals surface area contributed by atoms with Gasteiger partial charge in [-0.2, -0.15) is 0 Å². The minimum absolute atomic E-state index is 0.0699. The van der Waals surface area contributed by atoms with Crippen molar-refractivity contribution in [3.8, 4) is 0 Å². The van der Waals surface area contributed by atoms with Crippen LogP contribution in [0.2, 0.25) is 0 Å². The van der Waals surface area contributed by atoms with Gasteiger partial charge in [-0.3, -0.25) is 9.59 Å². The summed E-state index contributed by atoms with van der Waals surface area (Å²) in [6.45, 7) is 4.15. The van der Waals surface area contributed by atoms with E-state index in [-0.39, 0.29) is 24.8 Å². The zero-order valence-electron chi connectivity index (χ0n) is 10.7. The molecule has 1 amide bonds. The quantitative estimate of drug-likeness (QED) is 0.667. The molecule has 0 aromatic carbocycles. The number of amides is 1. The van der Waals surface area contributed by atoms with Crippen molar-refractivity contribution >= 4 is 11.9 Å². The smallest absolute Gasteiger partial charge is 0.303 e. The average molecular weight is 254 g/mol. The molecule has 3 N–H and O–H groups in total. The van der Waals surface area contributed by atoms with Gasteiger partial charge in [-0.1, -0.05) is 18.9 Å². The molecule has 1 aliphatic rings. The number of carboxylic acids is 1. The molecule has 5 nitrogen and oxygen atoms in total. The zero-order chi connectivity index (χ0) is 13.5. The third-order valence-corrected chi connectivity index (χ3v) is 3.36. The topological polar surface area (TPSA) is 83.6 Å². The van der Waals surface area contributed by atoms with E-state index in [0.717, 1.165) is 25.7 Å². The number of carbonyl (C=O) groups excluding carboxylic acids is 1. The molecular weight excluding hydrogens is 232 g/mol. The number of hydrogen-bond acceptors (Lipinski definition) is 3. The van der Waals surface area contributed by atoms with E-state index < -0.39 is 12.0 Å². The monoisotopic (exact) mass is 254 g/mol. The van der Waals surface area contributed by atoms with Crippen LogP contribution >= 0.6 is 0 Å². The second-order valence-corrected chi connectivity index (χ2v) is 4.76. The Morgan fingerprint density at radius 2 is 2.06 bits per heavy atom. The molecular formula is C13H22N2O3. The highest BCUT2D eigenvalue weighted by Gasteiger charge is 2.28. The summed E-state index contributed by atoms with van der Waals surface area (Å²) in [5.41, 5.74) is 5.78. The maximum Gasteiger partial charge on any atom is 0.303 e. The minimum atomic E-state index is -0.922. The molecule has 0 heterocycles. The Labute approximate surface area is 108 Å². The number of nitrogens with zero attached hydrogens (tertiary/aromatic N) is 1. The lowest BCUT2D eigenvalue weighted by atomic mass is 10.1. The molecule has 0 spiro atoms. The highest BCUT2D eigenvalue weighted by atomic mass is 16.4. The van der Waals surface area contributed by atoms with Gasteiger partial charge in [0.25, 0.3) is 0 Å². The fraction of sp³-hybridized carbons (Fsp3) is 0.692. The average Bonchev–Trinajstić information content (AvgIpc) is 2.85. The van der Waals surface area contributed by atoms with Gasteiger partial charge in [0.15, 0.2) is 0 Å². The first kappa shape index (κ1) is 14.7. The summed E-state index contributed by atoms with van der Waals surface area (Å²) in [6, 6.07) is -0.479. The van der Waals surface area contributed by atoms with Crippen LogP contribution in [0, 0.1) is 0 Å². The van der Waals surface area contributed by atoms with Gasteiger partial charge < -0.3 is 15.7 Å². The Kier molecular flexibility index (Phi) is 5.85. The number of hydrogen-bond donors (Lipinski definition) is 2. The van der Waals surface area contributed by atoms with E-state index in [1.807, 2.05) is 0 Å². The van der Waals surface area contributed by atoms with E-state index in [1.54, 1.807) is 11.0 Å². The Bertz CT molecular complexity index is 311. The summed E-state index contributed by atoms with van der Waals surface area (Å²) < 4.78 is 0. The van der Waals surface area contributed by atoms with E-state index in [2.05, 4.69) is 6.58 Å². The van der Waals surface area contributed by atoms with Crippen LogP contribution in [0.15, 0.2) is 12.7 Å². The molecule has 0 radical (unpaired) electrons. The van der Waals surface area contributed by atoms with Gasteiger partial charge in [0.1, 0.15) is 0 Å². The van der Waals surface area contributed by atoms with Gasteiger partial charge in [-0.15, -0.1) is 6.58 Å². The third-order valence-electron chi connectivity index (χ3n) is 3.36. The second kappa shape index (κ2) is 7.16. The lowest BCUT2D eigenvalue weighted by Crippen LogP contribution is -2.48. The molecule has 1 aliphatic carbocycles. The highest BCUT2D eigenvalue weighted by Crippen LogP contribution is 2.24. The van der Waals surface area contributed by atoms with Crippen LogP contribution in [-0.2, 0) is 9.59 Å². The molecule has 102 valence electrons. The Morgan fingerprint density at radius 3 is 2.56 bits per heavy atom. The number of carboxylic acid groups (broad SMARTS) is 1. The summed E-state index contributed by atoms with van der Waals surface area (Å²) >= 11 is 0. The van der Waals surface area contributed by atoms with E-state index in [0.29, 0.717) is 6.54 Å². The van der Waals surface area contributed by atoms with Gasteiger partial charge in [-0.05, 0) is 19.3 Å². The minimum Gasteiger partial charge on any atom is -0.481 e. The summed E-state index contributed by atoms with van der Waals surface area (Å²) in [4.78, 5) is 24.4. The van der Waals surface area contributed by atoms with Gasteiger partial charge in [0.05, 0.1) is 6.04 Å². The molecule has 5 heteroatoms. The molecule has 0 aromatic rings. The molecule has 0 bridgehead atoms. The molecule has 1 saturated carbocycles. The van der Waals surface area contributed by atoms with Crippen LogP contribution in [-0.4, -0.2) is 40.5 Å². The SMILES string of the molecule is C=CCN(C(=O)C(N)CCC(=O)O)C1CCCC1. The largest absolute Gasteiger partial charge is 0.481 e. The number of aliphatic carboxylic acids is 1. The second-order valence-electron chi connectivity index (χ2n) is 4.76. The van der Waals surface area contributed by atoms with E-state index >= 15 is 0 Å². The van der Waals surface area contributed by atoms with Crippen LogP contribution < -0.4 is 5.73 Å². The van der Waals surface area contributed by atoms with Crippen LogP contribution in [0.3, 0.4) is 0 Å². The molecule has 1 unspecified atom stereocenters. The van der Waals surface area contributed by atoms with E-state index in [4.69, 9.17) is 10.8 Å². The van der Waals surface area contributed by atoms with Crippen LogP contribution in [0.5, 0.6) is 0 Å². The molecule has 0 aliphatic heterocycles. The Hall–Kier alpha value is -1.36. The van der Waals surface area contributed by atoms with Gasteiger partial charge >= 0.3 is 5.97 Å². The molecule has 0 saturated heterocycles. The lowest BCUT2D eigenvalue weighted by Gasteiger charge is -2.30. The van der Waals surface area contributed by atoms with Crippen molar-refractivity contribution in [1.29, 1.82) is 0 Å². The van der Waals surface area contributed by atoms with E-state index in [9.17, 15) is 9.59 Å². The van der Waals surface area contributed by atoms with Crippen LogP contribution in [0.25, 0.3) is 0 Å². The van der Waals surface area contributed by atoms with Crippen molar-refractivity contribution in [2.24, 2.45) is 5.73 Å². The predicted octanol–water partition coefficient (Wildman–Crippen LogP) is 1.14. The lowest BCUT2D eigenvalue weighted by molar-refractivity contribution is -0.138. The van der Waals surface area contributed by atoms with Crippen molar-refractivity contribution in [3.63, 3.8) is 0 Å². The summed E-state index contributed by atoms with van der Waals surface area (Å²) in [5, 5.41) is 8.60. The highest BCUT2D eigenvalue weighted by molar-refractivity contribution is 5.82. The fourth-order valence-corrected chi connectivity index (χ4v) is 2.39. The van der Waals surface area contributed by atoms with Crippen molar-refractivity contribution in [1.82, 2.24) is 4.90 Å². The first-order valence-corrected chi connectivity index (χ1v) is 6.45. The first-order valence-electron chi connectivity index (χ1n) is 6.45. The Balaban J connectivity index is 2.57. The van der Waals surface area contributed by atoms with Gasteiger partial charge in [-0.25, -0.2) is 0 Å². The van der Waals surface area contributed by atoms with Crippen molar-refractivity contribution in [2.45, 2.75) is 50.6 Å². The van der Waals surface area contributed by atoms with Gasteiger partial charge in [0.2, 0.25) is 5.91 Å². The third kappa shape index (κ3) is 4.14. The molecule has 0 aromatic heterocycles. The van der Waals surface area contributed by atoms with Gasteiger partial charge in [0, 0.05) is 19.0 Å². The maximum absolute atomic E-state index is 12.2. The summed E-state index contributed by atoms with van der Waals surface area (Å²) in [5.74, 6) is -1.07. The Morgan fingerprint density at radius 1 is 1.44 bits per heavy atom. The van der Waals surface area contributed by atoms with Crippen molar-refractivity contribution in [2.75, 3.05) is 6.54 Å². The van der Waals surface area contributed by atoms with Crippen molar-refractivity contribution in [3.05, 3.63) is 12.7 Å². The van der Waals surface area contributed by atoms with Crippen LogP contribution in [0.4, 0.5) is 0 Å². The predicted molar refractivity (Wildman–Crippen MR) is 69.0 cm³/mol.